The van der Waals surface area contributed by atoms with Crippen LogP contribution in [0.3, 0.4) is 0 Å². The normalized spacial score (nSPS) is 24.1. The highest BCUT2D eigenvalue weighted by Crippen LogP contribution is 2.29. The van der Waals surface area contributed by atoms with E-state index in [1.807, 2.05) is 11.6 Å². The third kappa shape index (κ3) is 4.97. The van der Waals surface area contributed by atoms with Crippen molar-refractivity contribution in [2.75, 3.05) is 17.3 Å². The zero-order valence-electron chi connectivity index (χ0n) is 14.6. The number of hydrogen-bond acceptors (Lipinski definition) is 6. The molecule has 140 valence electrons. The van der Waals surface area contributed by atoms with Gasteiger partial charge in [-0.15, -0.1) is 10.2 Å². The van der Waals surface area contributed by atoms with Gasteiger partial charge in [0.15, 0.2) is 15.0 Å². The van der Waals surface area contributed by atoms with Gasteiger partial charge in [0.1, 0.15) is 5.82 Å². The number of nitrogens with one attached hydrogen (secondary N) is 1. The topological polar surface area (TPSA) is 93.9 Å². The van der Waals surface area contributed by atoms with Crippen LogP contribution in [0.4, 0.5) is 0 Å². The average Bonchev–Trinajstić information content (AvgIpc) is 2.98. The number of amides is 1. The Kier molecular flexibility index (Phi) is 6.04. The molecule has 1 N–H and O–H groups in total. The van der Waals surface area contributed by atoms with E-state index < -0.39 is 9.84 Å². The van der Waals surface area contributed by atoms with Crippen LogP contribution in [-0.2, 0) is 21.7 Å². The zero-order chi connectivity index (χ0) is 17.9. The highest BCUT2D eigenvalue weighted by atomic mass is 32.2. The molecule has 0 bridgehead atoms. The van der Waals surface area contributed by atoms with Gasteiger partial charge < -0.3 is 9.88 Å². The smallest absolute Gasteiger partial charge is 0.230 e. The van der Waals surface area contributed by atoms with Crippen molar-refractivity contribution in [2.45, 2.75) is 62.1 Å². The predicted molar refractivity (Wildman–Crippen MR) is 97.4 cm³/mol. The Balaban J connectivity index is 1.52. The maximum Gasteiger partial charge on any atom is 0.230 e. The summed E-state index contributed by atoms with van der Waals surface area (Å²) in [6.45, 7) is 0. The summed E-state index contributed by atoms with van der Waals surface area (Å²) < 4.78 is 25.1. The van der Waals surface area contributed by atoms with Crippen molar-refractivity contribution in [1.82, 2.24) is 20.1 Å². The lowest BCUT2D eigenvalue weighted by atomic mass is 10.1. The van der Waals surface area contributed by atoms with Crippen molar-refractivity contribution in [3.63, 3.8) is 0 Å². The summed E-state index contributed by atoms with van der Waals surface area (Å²) in [5, 5.41) is 12.1. The maximum absolute atomic E-state index is 12.2. The Morgan fingerprint density at radius 1 is 1.20 bits per heavy atom. The van der Waals surface area contributed by atoms with E-state index in [1.165, 1.54) is 37.4 Å². The molecular formula is C16H26N4O3S2. The molecule has 2 fully saturated rings. The van der Waals surface area contributed by atoms with E-state index in [0.717, 1.165) is 12.8 Å². The molecule has 1 aliphatic carbocycles. The van der Waals surface area contributed by atoms with E-state index in [9.17, 15) is 13.2 Å². The Bertz CT molecular complexity index is 709. The molecule has 9 heteroatoms. The molecule has 3 rings (SSSR count). The number of carbonyl (C=O) groups is 1. The van der Waals surface area contributed by atoms with Crippen molar-refractivity contribution in [1.29, 1.82) is 0 Å². The van der Waals surface area contributed by atoms with Crippen LogP contribution in [0.5, 0.6) is 0 Å². The van der Waals surface area contributed by atoms with Crippen LogP contribution < -0.4 is 5.32 Å². The lowest BCUT2D eigenvalue weighted by molar-refractivity contribution is -0.119. The number of nitrogens with zero attached hydrogens (tertiary/aromatic N) is 3. The van der Waals surface area contributed by atoms with Gasteiger partial charge in [0.25, 0.3) is 0 Å². The minimum Gasteiger partial charge on any atom is -0.353 e. The van der Waals surface area contributed by atoms with Gasteiger partial charge in [-0.3, -0.25) is 4.79 Å². The highest BCUT2D eigenvalue weighted by Gasteiger charge is 2.32. The Labute approximate surface area is 153 Å². The quantitative estimate of drug-likeness (QED) is 0.611. The van der Waals surface area contributed by atoms with Crippen LogP contribution in [0.2, 0.25) is 0 Å². The summed E-state index contributed by atoms with van der Waals surface area (Å²) in [5.74, 6) is 1.32. The van der Waals surface area contributed by atoms with Crippen LogP contribution >= 0.6 is 11.8 Å². The first-order valence-electron chi connectivity index (χ1n) is 8.96. The molecule has 1 saturated heterocycles. The van der Waals surface area contributed by atoms with Crippen LogP contribution in [-0.4, -0.2) is 52.4 Å². The third-order valence-electron chi connectivity index (χ3n) is 5.02. The van der Waals surface area contributed by atoms with Gasteiger partial charge in [-0.25, -0.2) is 8.42 Å². The lowest BCUT2D eigenvalue weighted by Gasteiger charge is -2.15. The summed E-state index contributed by atoms with van der Waals surface area (Å²) in [6, 6.07) is 0.300. The molecular weight excluding hydrogens is 360 g/mol. The second-order valence-corrected chi connectivity index (χ2v) is 10.2. The molecule has 0 aromatic carbocycles. The minimum atomic E-state index is -2.95. The molecule has 7 nitrogen and oxygen atoms in total. The minimum absolute atomic E-state index is 0.0323. The number of rotatable bonds is 5. The van der Waals surface area contributed by atoms with Gasteiger partial charge >= 0.3 is 0 Å². The third-order valence-corrected chi connectivity index (χ3v) is 7.81. The summed E-state index contributed by atoms with van der Waals surface area (Å²) in [5.41, 5.74) is 0. The number of aromatic nitrogens is 3. The Hall–Kier alpha value is -1.09. The predicted octanol–water partition coefficient (Wildman–Crippen LogP) is 1.65. The number of carbonyl (C=O) groups excluding carboxylic acids is 1. The molecule has 0 spiro atoms. The second-order valence-electron chi connectivity index (χ2n) is 7.04. The number of hydrogen-bond donors (Lipinski definition) is 1. The van der Waals surface area contributed by atoms with E-state index >= 15 is 0 Å². The summed E-state index contributed by atoms with van der Waals surface area (Å²) in [6.07, 6.45) is 7.64. The van der Waals surface area contributed by atoms with Gasteiger partial charge in [-0.1, -0.05) is 37.4 Å². The summed E-state index contributed by atoms with van der Waals surface area (Å²) in [7, 11) is -1.11. The molecule has 0 radical (unpaired) electrons. The van der Waals surface area contributed by atoms with Crippen molar-refractivity contribution >= 4 is 27.5 Å². The van der Waals surface area contributed by atoms with Gasteiger partial charge in [0.05, 0.1) is 17.3 Å². The molecule has 1 aliphatic heterocycles. The molecule has 1 aromatic rings. The fourth-order valence-electron chi connectivity index (χ4n) is 3.63. The standard InChI is InChI=1S/C16H26N4O3S2/c1-20-15(12-8-9-25(22,23)11-12)18-19-16(20)24-10-14(21)17-13-6-4-2-3-5-7-13/h12-13H,2-11H2,1H3,(H,17,21)/t12-/m0/s1. The fraction of sp³-hybridized carbons (Fsp3) is 0.812. The lowest BCUT2D eigenvalue weighted by Crippen LogP contribution is -2.35. The zero-order valence-corrected chi connectivity index (χ0v) is 16.2. The largest absolute Gasteiger partial charge is 0.353 e. The van der Waals surface area contributed by atoms with Gasteiger partial charge in [-0.2, -0.15) is 0 Å². The number of thioether (sulfide) groups is 1. The molecule has 1 amide bonds. The van der Waals surface area contributed by atoms with Gasteiger partial charge in [0.2, 0.25) is 5.91 Å². The van der Waals surface area contributed by atoms with Crippen LogP contribution in [0.1, 0.15) is 56.7 Å². The van der Waals surface area contributed by atoms with Crippen LogP contribution in [0.25, 0.3) is 0 Å². The van der Waals surface area contributed by atoms with Crippen molar-refractivity contribution < 1.29 is 13.2 Å². The first-order chi connectivity index (χ1) is 11.9. The van der Waals surface area contributed by atoms with Gasteiger partial charge in [-0.05, 0) is 19.3 Å². The van der Waals surface area contributed by atoms with E-state index in [4.69, 9.17) is 0 Å². The summed E-state index contributed by atoms with van der Waals surface area (Å²) in [4.78, 5) is 12.2. The van der Waals surface area contributed by atoms with E-state index in [-0.39, 0.29) is 23.3 Å². The second kappa shape index (κ2) is 8.07. The van der Waals surface area contributed by atoms with Crippen LogP contribution in [0.15, 0.2) is 5.16 Å². The monoisotopic (exact) mass is 386 g/mol. The van der Waals surface area contributed by atoms with Crippen molar-refractivity contribution in [3.8, 4) is 0 Å². The molecule has 2 heterocycles. The van der Waals surface area contributed by atoms with E-state index in [0.29, 0.717) is 29.2 Å². The molecule has 2 aliphatic rings. The fourth-order valence-corrected chi connectivity index (χ4v) is 6.10. The van der Waals surface area contributed by atoms with E-state index in [1.54, 1.807) is 0 Å². The van der Waals surface area contributed by atoms with Gasteiger partial charge in [0, 0.05) is 19.0 Å². The maximum atomic E-state index is 12.2. The van der Waals surface area contributed by atoms with Crippen molar-refractivity contribution in [3.05, 3.63) is 5.82 Å². The van der Waals surface area contributed by atoms with Crippen LogP contribution in [0, 0.1) is 0 Å². The summed E-state index contributed by atoms with van der Waals surface area (Å²) >= 11 is 1.36. The molecule has 1 aromatic heterocycles. The highest BCUT2D eigenvalue weighted by molar-refractivity contribution is 7.99. The SMILES string of the molecule is Cn1c(SCC(=O)NC2CCCCCC2)nnc1[C@H]1CCS(=O)(=O)C1. The Morgan fingerprint density at radius 2 is 1.92 bits per heavy atom. The first kappa shape index (κ1) is 18.7. The first-order valence-corrected chi connectivity index (χ1v) is 11.8. The average molecular weight is 387 g/mol. The Morgan fingerprint density at radius 3 is 2.56 bits per heavy atom. The molecule has 1 atom stereocenters. The van der Waals surface area contributed by atoms with Crippen molar-refractivity contribution in [2.24, 2.45) is 7.05 Å². The molecule has 25 heavy (non-hydrogen) atoms. The number of sulfone groups is 1. The van der Waals surface area contributed by atoms with E-state index in [2.05, 4.69) is 15.5 Å². The molecule has 1 saturated carbocycles. The molecule has 0 unspecified atom stereocenters.